The summed E-state index contributed by atoms with van der Waals surface area (Å²) in [5.41, 5.74) is 0.00165. The molecule has 3 aliphatic heterocycles. The maximum absolute atomic E-state index is 12.7. The number of nitrogens with zero attached hydrogens (tertiary/aromatic N) is 4. The summed E-state index contributed by atoms with van der Waals surface area (Å²) < 4.78 is 5.81. The molecule has 0 aliphatic carbocycles. The molecule has 0 aromatic heterocycles. The fourth-order valence-corrected chi connectivity index (χ4v) is 4.76. The summed E-state index contributed by atoms with van der Waals surface area (Å²) in [6.07, 6.45) is 2.23. The number of carbonyl (C=O) groups is 2. The minimum Gasteiger partial charge on any atom is -0.508 e. The minimum atomic E-state index is -0.482. The highest BCUT2D eigenvalue weighted by molar-refractivity contribution is 5.94. The van der Waals surface area contributed by atoms with E-state index < -0.39 is 5.60 Å². The van der Waals surface area contributed by atoms with Gasteiger partial charge >= 0.3 is 6.09 Å². The average molecular weight is 417 g/mol. The molecule has 1 aromatic rings. The molecule has 3 saturated heterocycles. The van der Waals surface area contributed by atoms with E-state index in [1.807, 2.05) is 4.90 Å². The van der Waals surface area contributed by atoms with E-state index >= 15 is 0 Å². The van der Waals surface area contributed by atoms with E-state index in [0.717, 1.165) is 19.6 Å². The molecule has 3 aliphatic rings. The van der Waals surface area contributed by atoms with Crippen LogP contribution in [0.4, 0.5) is 4.79 Å². The molecule has 0 saturated carbocycles. The predicted octanol–water partition coefficient (Wildman–Crippen LogP) is 1.46. The first kappa shape index (κ1) is 20.9. The number of hydrogen-bond acceptors (Lipinski definition) is 6. The minimum absolute atomic E-state index is 0.0876. The average Bonchev–Trinajstić information content (AvgIpc) is 3.31. The number of piperidine rings is 1. The third kappa shape index (κ3) is 4.39. The Kier molecular flexibility index (Phi) is 5.88. The molecule has 0 bridgehead atoms. The van der Waals surface area contributed by atoms with Gasteiger partial charge < -0.3 is 24.5 Å². The van der Waals surface area contributed by atoms with Gasteiger partial charge in [0.25, 0.3) is 5.91 Å². The molecular formula is C22H32N4O4. The van der Waals surface area contributed by atoms with Gasteiger partial charge in [0.05, 0.1) is 6.54 Å². The maximum Gasteiger partial charge on any atom is 0.410 e. The Morgan fingerprint density at radius 1 is 1.23 bits per heavy atom. The molecule has 2 amide bonds. The van der Waals surface area contributed by atoms with Crippen LogP contribution in [-0.4, -0.2) is 108 Å². The van der Waals surface area contributed by atoms with Crippen molar-refractivity contribution >= 4 is 12.0 Å². The van der Waals surface area contributed by atoms with E-state index in [2.05, 4.69) is 23.9 Å². The summed E-state index contributed by atoms with van der Waals surface area (Å²) in [6.45, 7) is 5.38. The first-order valence-electron chi connectivity index (χ1n) is 10.8. The van der Waals surface area contributed by atoms with Crippen LogP contribution in [0.3, 0.4) is 0 Å². The van der Waals surface area contributed by atoms with E-state index in [4.69, 9.17) is 4.74 Å². The normalized spacial score (nSPS) is 24.1. The van der Waals surface area contributed by atoms with Gasteiger partial charge in [0.1, 0.15) is 11.4 Å². The molecule has 164 valence electrons. The second kappa shape index (κ2) is 8.43. The molecule has 0 radical (unpaired) electrons. The molecular weight excluding hydrogens is 384 g/mol. The van der Waals surface area contributed by atoms with Gasteiger partial charge in [-0.25, -0.2) is 4.79 Å². The number of phenolic OH excluding ortho intramolecular Hbond substituents is 1. The summed E-state index contributed by atoms with van der Waals surface area (Å²) in [4.78, 5) is 33.5. The third-order valence-corrected chi connectivity index (χ3v) is 6.76. The number of aromatic hydroxyl groups is 1. The lowest BCUT2D eigenvalue weighted by atomic mass is 9.91. The van der Waals surface area contributed by atoms with Crippen molar-refractivity contribution in [2.75, 3.05) is 59.9 Å². The van der Waals surface area contributed by atoms with Crippen LogP contribution in [0.15, 0.2) is 24.3 Å². The zero-order chi connectivity index (χ0) is 21.3. The van der Waals surface area contributed by atoms with Crippen LogP contribution in [0, 0.1) is 0 Å². The smallest absolute Gasteiger partial charge is 0.410 e. The maximum atomic E-state index is 12.7. The first-order chi connectivity index (χ1) is 14.3. The molecule has 1 spiro atoms. The van der Waals surface area contributed by atoms with Crippen molar-refractivity contribution in [1.29, 1.82) is 0 Å². The molecule has 3 fully saturated rings. The van der Waals surface area contributed by atoms with E-state index in [1.165, 1.54) is 12.5 Å². The van der Waals surface area contributed by atoms with Crippen LogP contribution in [0.1, 0.15) is 29.6 Å². The van der Waals surface area contributed by atoms with Crippen LogP contribution in [0.25, 0.3) is 0 Å². The number of likely N-dealkylation sites (N-methyl/N-ethyl adjacent to an activating group) is 1. The summed E-state index contributed by atoms with van der Waals surface area (Å²) in [5.74, 6) is -0.00370. The Labute approximate surface area is 178 Å². The molecule has 1 N–H and O–H groups in total. The fourth-order valence-electron chi connectivity index (χ4n) is 4.76. The molecule has 4 rings (SSSR count). The Morgan fingerprint density at radius 2 is 2.00 bits per heavy atom. The highest BCUT2D eigenvalue weighted by Gasteiger charge is 2.47. The van der Waals surface area contributed by atoms with Crippen molar-refractivity contribution in [2.45, 2.75) is 30.9 Å². The molecule has 8 nitrogen and oxygen atoms in total. The molecule has 8 heteroatoms. The number of amides is 2. The van der Waals surface area contributed by atoms with E-state index in [0.29, 0.717) is 50.6 Å². The van der Waals surface area contributed by atoms with Gasteiger partial charge in [0, 0.05) is 57.2 Å². The Morgan fingerprint density at radius 3 is 2.67 bits per heavy atom. The predicted molar refractivity (Wildman–Crippen MR) is 113 cm³/mol. The summed E-state index contributed by atoms with van der Waals surface area (Å²) in [5, 5.41) is 9.62. The van der Waals surface area contributed by atoms with Crippen LogP contribution in [-0.2, 0) is 4.74 Å². The van der Waals surface area contributed by atoms with Crippen molar-refractivity contribution in [2.24, 2.45) is 0 Å². The second-order valence-electron chi connectivity index (χ2n) is 9.02. The summed E-state index contributed by atoms with van der Waals surface area (Å²) in [7, 11) is 4.24. The number of ether oxygens (including phenoxy) is 1. The molecule has 1 aromatic carbocycles. The first-order valence-corrected chi connectivity index (χ1v) is 10.8. The highest BCUT2D eigenvalue weighted by Crippen LogP contribution is 2.33. The van der Waals surface area contributed by atoms with Crippen LogP contribution in [0.2, 0.25) is 0 Å². The largest absolute Gasteiger partial charge is 0.508 e. The number of phenols is 1. The molecule has 30 heavy (non-hydrogen) atoms. The van der Waals surface area contributed by atoms with Gasteiger partial charge in [-0.2, -0.15) is 0 Å². The van der Waals surface area contributed by atoms with E-state index in [1.54, 1.807) is 23.1 Å². The van der Waals surface area contributed by atoms with Gasteiger partial charge in [-0.05, 0) is 45.3 Å². The van der Waals surface area contributed by atoms with Crippen molar-refractivity contribution in [3.63, 3.8) is 0 Å². The number of rotatable bonds is 5. The Hall–Kier alpha value is -2.32. The van der Waals surface area contributed by atoms with Crippen molar-refractivity contribution in [3.8, 4) is 5.75 Å². The van der Waals surface area contributed by atoms with Crippen LogP contribution >= 0.6 is 0 Å². The van der Waals surface area contributed by atoms with Gasteiger partial charge in [0.15, 0.2) is 0 Å². The lowest BCUT2D eigenvalue weighted by Crippen LogP contribution is -2.49. The molecule has 3 heterocycles. The monoisotopic (exact) mass is 416 g/mol. The van der Waals surface area contributed by atoms with Crippen molar-refractivity contribution in [3.05, 3.63) is 29.8 Å². The number of likely N-dealkylation sites (tertiary alicyclic amines) is 2. The summed E-state index contributed by atoms with van der Waals surface area (Å²) >= 11 is 0. The van der Waals surface area contributed by atoms with Gasteiger partial charge in [-0.15, -0.1) is 0 Å². The van der Waals surface area contributed by atoms with E-state index in [9.17, 15) is 14.7 Å². The number of carbonyl (C=O) groups excluding carboxylic acids is 2. The Bertz CT molecular complexity index is 791. The SMILES string of the molecule is CN(C)C1CCN(CCN2CC3(CCN(C(=O)c4cccc(O)c4)CC3)OC2=O)C1. The second-order valence-corrected chi connectivity index (χ2v) is 9.02. The quantitative estimate of drug-likeness (QED) is 0.783. The summed E-state index contributed by atoms with van der Waals surface area (Å²) in [6, 6.07) is 7.02. The zero-order valence-corrected chi connectivity index (χ0v) is 17.9. The van der Waals surface area contributed by atoms with Crippen LogP contribution < -0.4 is 0 Å². The lowest BCUT2D eigenvalue weighted by Gasteiger charge is -2.37. The third-order valence-electron chi connectivity index (χ3n) is 6.76. The standard InChI is InChI=1S/C22H32N4O4/c1-23(2)18-6-9-24(15-18)12-13-26-16-22(30-21(26)29)7-10-25(11-8-22)20(28)17-4-3-5-19(27)14-17/h3-5,14,18,27H,6-13,15-16H2,1-2H3. The lowest BCUT2D eigenvalue weighted by molar-refractivity contribution is 0.00311. The molecule has 1 atom stereocenters. The van der Waals surface area contributed by atoms with Gasteiger partial charge in [-0.1, -0.05) is 6.07 Å². The Balaban J connectivity index is 1.27. The van der Waals surface area contributed by atoms with Crippen LogP contribution in [0.5, 0.6) is 5.75 Å². The fraction of sp³-hybridized carbons (Fsp3) is 0.636. The van der Waals surface area contributed by atoms with Gasteiger partial charge in [-0.3, -0.25) is 9.69 Å². The molecule has 1 unspecified atom stereocenters. The van der Waals surface area contributed by atoms with Crippen molar-refractivity contribution in [1.82, 2.24) is 19.6 Å². The van der Waals surface area contributed by atoms with E-state index in [-0.39, 0.29) is 17.7 Å². The topological polar surface area (TPSA) is 76.6 Å². The number of benzene rings is 1. The number of hydrogen-bond donors (Lipinski definition) is 1. The van der Waals surface area contributed by atoms with Gasteiger partial charge in [0.2, 0.25) is 0 Å². The highest BCUT2D eigenvalue weighted by atomic mass is 16.6. The zero-order valence-electron chi connectivity index (χ0n) is 17.9. The van der Waals surface area contributed by atoms with Crippen molar-refractivity contribution < 1.29 is 19.4 Å².